The Morgan fingerprint density at radius 3 is 2.72 bits per heavy atom. The second kappa shape index (κ2) is 5.49. The van der Waals surface area contributed by atoms with Crippen LogP contribution >= 0.6 is 0 Å². The average Bonchev–Trinajstić information content (AvgIpc) is 3.19. The summed E-state index contributed by atoms with van der Waals surface area (Å²) < 4.78 is 5.21. The first kappa shape index (κ1) is 15.0. The van der Waals surface area contributed by atoms with Crippen molar-refractivity contribution in [2.24, 2.45) is 0 Å². The summed E-state index contributed by atoms with van der Waals surface area (Å²) in [6.07, 6.45) is 0.646. The van der Waals surface area contributed by atoms with Crippen LogP contribution in [0.4, 0.5) is 0 Å². The third-order valence-electron chi connectivity index (χ3n) is 4.45. The first-order valence-electron chi connectivity index (χ1n) is 7.64. The van der Waals surface area contributed by atoms with Crippen molar-refractivity contribution in [2.45, 2.75) is 6.42 Å². The summed E-state index contributed by atoms with van der Waals surface area (Å²) in [5.74, 6) is -0.677. The zero-order valence-corrected chi connectivity index (χ0v) is 13.3. The van der Waals surface area contributed by atoms with Crippen molar-refractivity contribution in [3.05, 3.63) is 58.7 Å². The van der Waals surface area contributed by atoms with Crippen LogP contribution in [-0.2, 0) is 6.42 Å². The maximum absolute atomic E-state index is 11.4. The first-order valence-corrected chi connectivity index (χ1v) is 7.64. The van der Waals surface area contributed by atoms with Crippen molar-refractivity contribution in [3.8, 4) is 34.3 Å². The van der Waals surface area contributed by atoms with Gasteiger partial charge in [-0.15, -0.1) is 0 Å². The summed E-state index contributed by atoms with van der Waals surface area (Å²) in [5.41, 5.74) is 6.13. The Balaban J connectivity index is 1.82. The van der Waals surface area contributed by atoms with Crippen LogP contribution in [0.3, 0.4) is 0 Å². The van der Waals surface area contributed by atoms with E-state index in [2.05, 4.69) is 16.3 Å². The van der Waals surface area contributed by atoms with Crippen molar-refractivity contribution < 1.29 is 14.6 Å². The standard InChI is InChI=1S/C19H13N3O3/c1-25-16-7-12-6-15-17(11-4-2-10(9-20)3-5-11)21-22-18(15)13(12)8-14(16)19(23)24/h2-5,7-8H,6H2,1H3,(H,21,22)(H,23,24). The molecular weight excluding hydrogens is 318 g/mol. The second-order valence-corrected chi connectivity index (χ2v) is 5.81. The molecule has 0 amide bonds. The molecule has 0 atom stereocenters. The number of aromatic nitrogens is 2. The number of hydrogen-bond donors (Lipinski definition) is 2. The van der Waals surface area contributed by atoms with Gasteiger partial charge in [0.15, 0.2) is 0 Å². The summed E-state index contributed by atoms with van der Waals surface area (Å²) in [6, 6.07) is 12.7. The van der Waals surface area contributed by atoms with Gasteiger partial charge in [-0.05, 0) is 29.8 Å². The predicted octanol–water partition coefficient (Wildman–Crippen LogP) is 3.23. The van der Waals surface area contributed by atoms with E-state index in [0.717, 1.165) is 33.6 Å². The van der Waals surface area contributed by atoms with E-state index in [4.69, 9.17) is 10.00 Å². The highest BCUT2D eigenvalue weighted by atomic mass is 16.5. The van der Waals surface area contributed by atoms with Crippen molar-refractivity contribution in [3.63, 3.8) is 0 Å². The topological polar surface area (TPSA) is 99.0 Å². The molecule has 1 aliphatic rings. The average molecular weight is 331 g/mol. The number of hydrogen-bond acceptors (Lipinski definition) is 4. The Bertz CT molecular complexity index is 1040. The molecule has 0 aliphatic heterocycles. The lowest BCUT2D eigenvalue weighted by atomic mass is 10.0. The van der Waals surface area contributed by atoms with Gasteiger partial charge in [0.25, 0.3) is 0 Å². The number of H-pyrrole nitrogens is 1. The molecule has 6 nitrogen and oxygen atoms in total. The number of benzene rings is 2. The Hall–Kier alpha value is -3.59. The molecule has 0 spiro atoms. The van der Waals surface area contributed by atoms with Gasteiger partial charge in [0.2, 0.25) is 0 Å². The van der Waals surface area contributed by atoms with Gasteiger partial charge in [0, 0.05) is 23.1 Å². The lowest BCUT2D eigenvalue weighted by molar-refractivity contribution is 0.0693. The lowest BCUT2D eigenvalue weighted by Crippen LogP contribution is -2.01. The molecule has 122 valence electrons. The number of rotatable bonds is 3. The molecule has 25 heavy (non-hydrogen) atoms. The van der Waals surface area contributed by atoms with Crippen molar-refractivity contribution in [1.82, 2.24) is 10.2 Å². The number of ether oxygens (including phenoxy) is 1. The normalized spacial score (nSPS) is 11.5. The summed E-state index contributed by atoms with van der Waals surface area (Å²) in [5, 5.41) is 25.7. The molecule has 2 aromatic carbocycles. The Kier molecular flexibility index (Phi) is 3.29. The predicted molar refractivity (Wildman–Crippen MR) is 90.5 cm³/mol. The molecule has 0 saturated carbocycles. The Morgan fingerprint density at radius 2 is 2.08 bits per heavy atom. The highest BCUT2D eigenvalue weighted by molar-refractivity contribution is 5.94. The van der Waals surface area contributed by atoms with E-state index < -0.39 is 5.97 Å². The van der Waals surface area contributed by atoms with E-state index >= 15 is 0 Å². The summed E-state index contributed by atoms with van der Waals surface area (Å²) in [4.78, 5) is 11.4. The minimum Gasteiger partial charge on any atom is -0.496 e. The number of methoxy groups -OCH3 is 1. The van der Waals surface area contributed by atoms with Gasteiger partial charge in [0.05, 0.1) is 30.1 Å². The van der Waals surface area contributed by atoms with Crippen LogP contribution in [0.15, 0.2) is 36.4 Å². The SMILES string of the molecule is COc1cc2c(cc1C(=O)O)-c1[nH]nc(-c3ccc(C#N)cc3)c1C2. The third kappa shape index (κ3) is 2.25. The zero-order chi connectivity index (χ0) is 17.6. The van der Waals surface area contributed by atoms with Crippen LogP contribution in [0.25, 0.3) is 22.5 Å². The molecule has 0 bridgehead atoms. The van der Waals surface area contributed by atoms with E-state index in [1.807, 2.05) is 12.1 Å². The molecule has 6 heteroatoms. The van der Waals surface area contributed by atoms with Crippen LogP contribution < -0.4 is 4.74 Å². The van der Waals surface area contributed by atoms with Gasteiger partial charge in [-0.2, -0.15) is 10.4 Å². The van der Waals surface area contributed by atoms with Gasteiger partial charge in [-0.1, -0.05) is 12.1 Å². The third-order valence-corrected chi connectivity index (χ3v) is 4.45. The van der Waals surface area contributed by atoms with Crippen LogP contribution in [0, 0.1) is 11.3 Å². The molecule has 4 rings (SSSR count). The summed E-state index contributed by atoms with van der Waals surface area (Å²) in [6.45, 7) is 0. The summed E-state index contributed by atoms with van der Waals surface area (Å²) in [7, 11) is 1.46. The number of carbonyl (C=O) groups is 1. The second-order valence-electron chi connectivity index (χ2n) is 5.81. The monoisotopic (exact) mass is 331 g/mol. The molecule has 3 aromatic rings. The molecule has 0 fully saturated rings. The molecule has 1 aromatic heterocycles. The summed E-state index contributed by atoms with van der Waals surface area (Å²) >= 11 is 0. The lowest BCUT2D eigenvalue weighted by Gasteiger charge is -2.08. The number of aromatic carboxylic acids is 1. The fourth-order valence-electron chi connectivity index (χ4n) is 3.23. The van der Waals surface area contributed by atoms with Crippen LogP contribution in [0.5, 0.6) is 5.75 Å². The zero-order valence-electron chi connectivity index (χ0n) is 13.3. The molecule has 1 heterocycles. The van der Waals surface area contributed by atoms with Gasteiger partial charge >= 0.3 is 5.97 Å². The van der Waals surface area contributed by atoms with E-state index in [1.54, 1.807) is 24.3 Å². The molecule has 0 radical (unpaired) electrons. The van der Waals surface area contributed by atoms with Crippen LogP contribution in [0.2, 0.25) is 0 Å². The van der Waals surface area contributed by atoms with Crippen LogP contribution in [-0.4, -0.2) is 28.4 Å². The van der Waals surface area contributed by atoms with Gasteiger partial charge in [0.1, 0.15) is 11.3 Å². The Labute approximate surface area is 143 Å². The van der Waals surface area contributed by atoms with Crippen LogP contribution in [0.1, 0.15) is 27.0 Å². The van der Waals surface area contributed by atoms with Crippen molar-refractivity contribution >= 4 is 5.97 Å². The van der Waals surface area contributed by atoms with Gasteiger partial charge in [-0.3, -0.25) is 5.10 Å². The van der Waals surface area contributed by atoms with E-state index in [0.29, 0.717) is 17.7 Å². The van der Waals surface area contributed by atoms with E-state index in [9.17, 15) is 9.90 Å². The first-order chi connectivity index (χ1) is 12.1. The number of nitrogens with one attached hydrogen (secondary N) is 1. The molecule has 2 N–H and O–H groups in total. The fourth-order valence-corrected chi connectivity index (χ4v) is 3.23. The quantitative estimate of drug-likeness (QED) is 0.600. The Morgan fingerprint density at radius 1 is 1.32 bits per heavy atom. The maximum atomic E-state index is 11.4. The maximum Gasteiger partial charge on any atom is 0.339 e. The highest BCUT2D eigenvalue weighted by Crippen LogP contribution is 2.42. The minimum atomic E-state index is -1.03. The number of aromatic amines is 1. The number of fused-ring (bicyclic) bond motifs is 3. The molecule has 0 unspecified atom stereocenters. The molecular formula is C19H13N3O3. The molecule has 0 saturated heterocycles. The number of nitrogens with zero attached hydrogens (tertiary/aromatic N) is 2. The number of carboxylic acid groups (broad SMARTS) is 1. The highest BCUT2D eigenvalue weighted by Gasteiger charge is 2.28. The number of carboxylic acids is 1. The van der Waals surface area contributed by atoms with Gasteiger partial charge in [-0.25, -0.2) is 4.79 Å². The fraction of sp³-hybridized carbons (Fsp3) is 0.105. The van der Waals surface area contributed by atoms with Crippen molar-refractivity contribution in [1.29, 1.82) is 5.26 Å². The van der Waals surface area contributed by atoms with Crippen molar-refractivity contribution in [2.75, 3.05) is 7.11 Å². The van der Waals surface area contributed by atoms with E-state index in [1.165, 1.54) is 7.11 Å². The smallest absolute Gasteiger partial charge is 0.339 e. The molecule has 1 aliphatic carbocycles. The van der Waals surface area contributed by atoms with Gasteiger partial charge < -0.3 is 9.84 Å². The minimum absolute atomic E-state index is 0.128. The largest absolute Gasteiger partial charge is 0.496 e. The van der Waals surface area contributed by atoms with E-state index in [-0.39, 0.29) is 5.56 Å². The number of nitriles is 1.